The standard InChI is InChI=1S/C16H23N3O2/c1-3-5-9-18(4-2)12-14-13(11-16(20)21)17-15-8-6-7-10-19(14)15/h6-8,10H,3-5,9,11-12H2,1-2H3,(H,20,21). The van der Waals surface area contributed by atoms with Crippen LogP contribution in [-0.4, -0.2) is 38.4 Å². The van der Waals surface area contributed by atoms with Gasteiger partial charge in [0, 0.05) is 12.7 Å². The zero-order valence-electron chi connectivity index (χ0n) is 12.7. The molecule has 114 valence electrons. The summed E-state index contributed by atoms with van der Waals surface area (Å²) in [5.74, 6) is -0.837. The first kappa shape index (κ1) is 15.5. The molecule has 0 amide bonds. The molecule has 0 aliphatic heterocycles. The second-order valence-corrected chi connectivity index (χ2v) is 5.23. The van der Waals surface area contributed by atoms with Crippen LogP contribution in [0.1, 0.15) is 38.1 Å². The molecule has 2 aromatic heterocycles. The fraction of sp³-hybridized carbons (Fsp3) is 0.500. The minimum Gasteiger partial charge on any atom is -0.481 e. The molecule has 0 aliphatic rings. The van der Waals surface area contributed by atoms with E-state index in [-0.39, 0.29) is 6.42 Å². The van der Waals surface area contributed by atoms with Gasteiger partial charge >= 0.3 is 5.97 Å². The van der Waals surface area contributed by atoms with Crippen LogP contribution in [0, 0.1) is 0 Å². The number of carboxylic acid groups (broad SMARTS) is 1. The first-order chi connectivity index (χ1) is 10.2. The summed E-state index contributed by atoms with van der Waals surface area (Å²) in [6, 6.07) is 5.79. The number of carbonyl (C=O) groups is 1. The number of fused-ring (bicyclic) bond motifs is 1. The maximum atomic E-state index is 11.1. The highest BCUT2D eigenvalue weighted by Crippen LogP contribution is 2.16. The molecule has 0 aromatic carbocycles. The second kappa shape index (κ2) is 7.22. The van der Waals surface area contributed by atoms with Gasteiger partial charge in [-0.1, -0.05) is 26.3 Å². The minimum absolute atomic E-state index is 0.0255. The number of hydrogen-bond donors (Lipinski definition) is 1. The summed E-state index contributed by atoms with van der Waals surface area (Å²) in [6.45, 7) is 7.03. The van der Waals surface area contributed by atoms with Crippen LogP contribution in [-0.2, 0) is 17.8 Å². The number of hydrogen-bond acceptors (Lipinski definition) is 3. The molecule has 5 heteroatoms. The highest BCUT2D eigenvalue weighted by molar-refractivity contribution is 5.70. The molecule has 0 bridgehead atoms. The molecule has 2 aromatic rings. The lowest BCUT2D eigenvalue weighted by Gasteiger charge is -2.20. The Kier molecular flexibility index (Phi) is 5.33. The summed E-state index contributed by atoms with van der Waals surface area (Å²) in [5.41, 5.74) is 2.48. The smallest absolute Gasteiger partial charge is 0.309 e. The van der Waals surface area contributed by atoms with Crippen LogP contribution < -0.4 is 0 Å². The van der Waals surface area contributed by atoms with E-state index in [0.717, 1.165) is 43.8 Å². The zero-order chi connectivity index (χ0) is 15.2. The molecule has 0 aliphatic carbocycles. The maximum Gasteiger partial charge on any atom is 0.309 e. The quantitative estimate of drug-likeness (QED) is 0.811. The van der Waals surface area contributed by atoms with Crippen LogP contribution in [0.4, 0.5) is 0 Å². The van der Waals surface area contributed by atoms with Gasteiger partial charge in [0.1, 0.15) is 5.65 Å². The molecule has 0 saturated heterocycles. The molecule has 21 heavy (non-hydrogen) atoms. The summed E-state index contributed by atoms with van der Waals surface area (Å²) < 4.78 is 2.01. The van der Waals surface area contributed by atoms with Crippen LogP contribution in [0.25, 0.3) is 5.65 Å². The van der Waals surface area contributed by atoms with E-state index in [0.29, 0.717) is 5.69 Å². The van der Waals surface area contributed by atoms with Gasteiger partial charge in [0.15, 0.2) is 0 Å². The zero-order valence-corrected chi connectivity index (χ0v) is 12.7. The van der Waals surface area contributed by atoms with Crippen LogP contribution >= 0.6 is 0 Å². The fourth-order valence-corrected chi connectivity index (χ4v) is 2.49. The molecule has 2 heterocycles. The van der Waals surface area contributed by atoms with Gasteiger partial charge in [0.25, 0.3) is 0 Å². The van der Waals surface area contributed by atoms with E-state index >= 15 is 0 Å². The van der Waals surface area contributed by atoms with Gasteiger partial charge in [-0.15, -0.1) is 0 Å². The molecular weight excluding hydrogens is 266 g/mol. The van der Waals surface area contributed by atoms with Crippen molar-refractivity contribution in [1.29, 1.82) is 0 Å². The largest absolute Gasteiger partial charge is 0.481 e. The Bertz CT molecular complexity index is 607. The Hall–Kier alpha value is -1.88. The van der Waals surface area contributed by atoms with E-state index < -0.39 is 5.97 Å². The Morgan fingerprint density at radius 2 is 2.19 bits per heavy atom. The summed E-state index contributed by atoms with van der Waals surface area (Å²) in [4.78, 5) is 17.9. The van der Waals surface area contributed by atoms with Crippen molar-refractivity contribution in [3.05, 3.63) is 35.8 Å². The number of aliphatic carboxylic acids is 1. The first-order valence-corrected chi connectivity index (χ1v) is 7.54. The van der Waals surface area contributed by atoms with Crippen LogP contribution in [0.3, 0.4) is 0 Å². The Morgan fingerprint density at radius 3 is 2.86 bits per heavy atom. The molecular formula is C16H23N3O2. The van der Waals surface area contributed by atoms with E-state index in [1.165, 1.54) is 0 Å². The number of pyridine rings is 1. The molecule has 1 N–H and O–H groups in total. The summed E-state index contributed by atoms with van der Waals surface area (Å²) in [5, 5.41) is 9.09. The SMILES string of the molecule is CCCCN(CC)Cc1c(CC(=O)O)nc2ccccn12. The molecule has 0 saturated carbocycles. The van der Waals surface area contributed by atoms with Crippen molar-refractivity contribution < 1.29 is 9.90 Å². The topological polar surface area (TPSA) is 57.8 Å². The van der Waals surface area contributed by atoms with Crippen molar-refractivity contribution in [3.63, 3.8) is 0 Å². The number of carboxylic acids is 1. The van der Waals surface area contributed by atoms with Gasteiger partial charge in [0.05, 0.1) is 17.8 Å². The number of rotatable bonds is 8. The number of imidazole rings is 1. The number of aromatic nitrogens is 2. The molecule has 0 fully saturated rings. The Labute approximate surface area is 125 Å². The van der Waals surface area contributed by atoms with Crippen molar-refractivity contribution >= 4 is 11.6 Å². The van der Waals surface area contributed by atoms with Crippen molar-refractivity contribution in [3.8, 4) is 0 Å². The predicted molar refractivity (Wildman–Crippen MR) is 82.4 cm³/mol. The number of unbranched alkanes of at least 4 members (excludes halogenated alkanes) is 1. The first-order valence-electron chi connectivity index (χ1n) is 7.54. The van der Waals surface area contributed by atoms with Gasteiger partial charge < -0.3 is 9.51 Å². The number of nitrogens with zero attached hydrogens (tertiary/aromatic N) is 3. The molecule has 0 unspecified atom stereocenters. The predicted octanol–water partition coefficient (Wildman–Crippen LogP) is 2.58. The molecule has 0 radical (unpaired) electrons. The van der Waals surface area contributed by atoms with Crippen molar-refractivity contribution in [2.75, 3.05) is 13.1 Å². The normalized spacial score (nSPS) is 11.4. The lowest BCUT2D eigenvalue weighted by molar-refractivity contribution is -0.136. The summed E-state index contributed by atoms with van der Waals surface area (Å²) >= 11 is 0. The lowest BCUT2D eigenvalue weighted by atomic mass is 10.2. The van der Waals surface area contributed by atoms with Crippen LogP contribution in [0.2, 0.25) is 0 Å². The average Bonchev–Trinajstić information content (AvgIpc) is 2.80. The van der Waals surface area contributed by atoms with E-state index in [1.807, 2.05) is 28.8 Å². The highest BCUT2D eigenvalue weighted by atomic mass is 16.4. The second-order valence-electron chi connectivity index (χ2n) is 5.23. The van der Waals surface area contributed by atoms with E-state index in [2.05, 4.69) is 23.7 Å². The minimum atomic E-state index is -0.837. The lowest BCUT2D eigenvalue weighted by Crippen LogP contribution is -2.25. The Morgan fingerprint density at radius 1 is 1.38 bits per heavy atom. The van der Waals surface area contributed by atoms with Crippen LogP contribution in [0.5, 0.6) is 0 Å². The molecule has 0 atom stereocenters. The van der Waals surface area contributed by atoms with E-state index in [4.69, 9.17) is 5.11 Å². The van der Waals surface area contributed by atoms with Crippen molar-refractivity contribution in [1.82, 2.24) is 14.3 Å². The van der Waals surface area contributed by atoms with Gasteiger partial charge in [0.2, 0.25) is 0 Å². The third-order valence-corrected chi connectivity index (χ3v) is 3.68. The van der Waals surface area contributed by atoms with Gasteiger partial charge in [-0.2, -0.15) is 0 Å². The summed E-state index contributed by atoms with van der Waals surface area (Å²) in [6.07, 6.45) is 4.24. The Balaban J connectivity index is 2.32. The van der Waals surface area contributed by atoms with Crippen LogP contribution in [0.15, 0.2) is 24.4 Å². The summed E-state index contributed by atoms with van der Waals surface area (Å²) in [7, 11) is 0. The molecule has 2 rings (SSSR count). The highest BCUT2D eigenvalue weighted by Gasteiger charge is 2.16. The molecule has 0 spiro atoms. The monoisotopic (exact) mass is 289 g/mol. The average molecular weight is 289 g/mol. The van der Waals surface area contributed by atoms with E-state index in [9.17, 15) is 4.79 Å². The van der Waals surface area contributed by atoms with E-state index in [1.54, 1.807) is 0 Å². The third-order valence-electron chi connectivity index (χ3n) is 3.68. The molecule has 5 nitrogen and oxygen atoms in total. The fourth-order valence-electron chi connectivity index (χ4n) is 2.49. The maximum absolute atomic E-state index is 11.1. The van der Waals surface area contributed by atoms with Gasteiger partial charge in [-0.05, 0) is 31.6 Å². The van der Waals surface area contributed by atoms with Gasteiger partial charge in [-0.25, -0.2) is 4.98 Å². The third kappa shape index (κ3) is 3.82. The van der Waals surface area contributed by atoms with Crippen molar-refractivity contribution in [2.24, 2.45) is 0 Å². The van der Waals surface area contributed by atoms with Gasteiger partial charge in [-0.3, -0.25) is 9.69 Å². The van der Waals surface area contributed by atoms with Crippen molar-refractivity contribution in [2.45, 2.75) is 39.7 Å².